The number of carbonyl (C=O) groups is 1. The van der Waals surface area contributed by atoms with Gasteiger partial charge in [-0.15, -0.1) is 0 Å². The van der Waals surface area contributed by atoms with Gasteiger partial charge in [-0.05, 0) is 54.5 Å². The van der Waals surface area contributed by atoms with Crippen LogP contribution in [0.5, 0.6) is 0 Å². The first-order valence-corrected chi connectivity index (χ1v) is 7.87. The molecule has 1 spiro atoms. The van der Waals surface area contributed by atoms with Gasteiger partial charge in [-0.25, -0.2) is 0 Å². The number of benzene rings is 2. The minimum atomic E-state index is -0.183. The van der Waals surface area contributed by atoms with Crippen molar-refractivity contribution in [1.82, 2.24) is 0 Å². The second-order valence-electron chi connectivity index (χ2n) is 6.03. The Hall–Kier alpha value is -1.41. The molecule has 100 valence electrons. The number of hydrogen-bond donors (Lipinski definition) is 0. The lowest BCUT2D eigenvalue weighted by Gasteiger charge is -2.33. The topological polar surface area (TPSA) is 17.1 Å². The zero-order valence-corrected chi connectivity index (χ0v) is 12.7. The zero-order valence-electron chi connectivity index (χ0n) is 11.2. The number of aryl methyl sites for hydroxylation is 1. The molecule has 2 heteroatoms. The average molecular weight is 327 g/mol. The summed E-state index contributed by atoms with van der Waals surface area (Å²) in [5.41, 5.74) is 4.75. The lowest BCUT2D eigenvalue weighted by atomic mass is 9.69. The molecular formula is C18H15BrO. The van der Waals surface area contributed by atoms with Gasteiger partial charge in [0.15, 0.2) is 5.78 Å². The lowest BCUT2D eigenvalue weighted by molar-refractivity contribution is 0.0794. The van der Waals surface area contributed by atoms with Gasteiger partial charge >= 0.3 is 0 Å². The maximum Gasteiger partial charge on any atom is 0.169 e. The Morgan fingerprint density at radius 2 is 1.70 bits per heavy atom. The van der Waals surface area contributed by atoms with Gasteiger partial charge < -0.3 is 0 Å². The lowest BCUT2D eigenvalue weighted by Crippen LogP contribution is -2.34. The molecule has 0 N–H and O–H groups in total. The van der Waals surface area contributed by atoms with Gasteiger partial charge in [0, 0.05) is 15.5 Å². The predicted molar refractivity (Wildman–Crippen MR) is 83.1 cm³/mol. The molecule has 0 bridgehead atoms. The third-order valence-electron chi connectivity index (χ3n) is 4.85. The van der Waals surface area contributed by atoms with Crippen molar-refractivity contribution in [3.8, 4) is 0 Å². The van der Waals surface area contributed by atoms with Gasteiger partial charge in [0.2, 0.25) is 0 Å². The van der Waals surface area contributed by atoms with E-state index in [2.05, 4.69) is 46.3 Å². The largest absolute Gasteiger partial charge is 0.294 e. The molecule has 2 aliphatic carbocycles. The summed E-state index contributed by atoms with van der Waals surface area (Å²) in [4.78, 5) is 12.9. The number of Topliss-reactive ketones (excluding diaryl/α,β-unsaturated/α-hetero) is 1. The van der Waals surface area contributed by atoms with Crippen molar-refractivity contribution in [1.29, 1.82) is 0 Å². The van der Waals surface area contributed by atoms with E-state index in [-0.39, 0.29) is 5.41 Å². The van der Waals surface area contributed by atoms with Crippen LogP contribution in [0.25, 0.3) is 0 Å². The quantitative estimate of drug-likeness (QED) is 0.702. The number of rotatable bonds is 0. The Morgan fingerprint density at radius 1 is 0.950 bits per heavy atom. The fraction of sp³-hybridized carbons (Fsp3) is 0.278. The monoisotopic (exact) mass is 326 g/mol. The van der Waals surface area contributed by atoms with Gasteiger partial charge in [-0.2, -0.15) is 0 Å². The van der Waals surface area contributed by atoms with Crippen LogP contribution in [0.2, 0.25) is 0 Å². The summed E-state index contributed by atoms with van der Waals surface area (Å²) >= 11 is 3.48. The molecule has 1 atom stereocenters. The molecule has 2 aromatic carbocycles. The van der Waals surface area contributed by atoms with Crippen LogP contribution in [0.15, 0.2) is 46.9 Å². The minimum absolute atomic E-state index is 0.183. The van der Waals surface area contributed by atoms with Crippen LogP contribution in [-0.2, 0) is 19.3 Å². The normalized spacial score (nSPS) is 23.8. The summed E-state index contributed by atoms with van der Waals surface area (Å²) in [7, 11) is 0. The SMILES string of the molecule is O=C1c2cc(Br)ccc2CC12CCc1ccccc1C2. The van der Waals surface area contributed by atoms with E-state index in [4.69, 9.17) is 0 Å². The summed E-state index contributed by atoms with van der Waals surface area (Å²) in [6.45, 7) is 0. The van der Waals surface area contributed by atoms with Gasteiger partial charge in [0.1, 0.15) is 0 Å². The van der Waals surface area contributed by atoms with Gasteiger partial charge in [-0.1, -0.05) is 46.3 Å². The molecule has 0 aliphatic heterocycles. The van der Waals surface area contributed by atoms with Crippen LogP contribution in [-0.4, -0.2) is 5.78 Å². The van der Waals surface area contributed by atoms with Crippen LogP contribution in [0.3, 0.4) is 0 Å². The molecular weight excluding hydrogens is 312 g/mol. The second kappa shape index (κ2) is 4.29. The molecule has 0 heterocycles. The van der Waals surface area contributed by atoms with Crippen molar-refractivity contribution in [2.45, 2.75) is 25.7 Å². The van der Waals surface area contributed by atoms with E-state index in [0.29, 0.717) is 5.78 Å². The Balaban J connectivity index is 1.77. The molecule has 1 unspecified atom stereocenters. The second-order valence-corrected chi connectivity index (χ2v) is 6.95. The summed E-state index contributed by atoms with van der Waals surface area (Å²) in [5.74, 6) is 0.350. The minimum Gasteiger partial charge on any atom is -0.294 e. The van der Waals surface area contributed by atoms with Crippen LogP contribution in [0.4, 0.5) is 0 Å². The number of ketones is 1. The molecule has 0 saturated carbocycles. The fourth-order valence-electron chi connectivity index (χ4n) is 3.79. The van der Waals surface area contributed by atoms with Crippen molar-refractivity contribution in [2.24, 2.45) is 5.41 Å². The average Bonchev–Trinajstić information content (AvgIpc) is 2.72. The molecule has 0 radical (unpaired) electrons. The fourth-order valence-corrected chi connectivity index (χ4v) is 4.15. The van der Waals surface area contributed by atoms with E-state index in [0.717, 1.165) is 35.7 Å². The van der Waals surface area contributed by atoms with E-state index < -0.39 is 0 Å². The van der Waals surface area contributed by atoms with E-state index in [1.165, 1.54) is 16.7 Å². The highest BCUT2D eigenvalue weighted by Gasteiger charge is 2.46. The summed E-state index contributed by atoms with van der Waals surface area (Å²) in [5, 5.41) is 0. The molecule has 2 aliphatic rings. The number of halogens is 1. The Morgan fingerprint density at radius 3 is 2.55 bits per heavy atom. The third-order valence-corrected chi connectivity index (χ3v) is 5.34. The van der Waals surface area contributed by atoms with Crippen LogP contribution >= 0.6 is 15.9 Å². The Kier molecular flexibility index (Phi) is 2.65. The van der Waals surface area contributed by atoms with Gasteiger partial charge in [-0.3, -0.25) is 4.79 Å². The first kappa shape index (κ1) is 12.3. The molecule has 0 amide bonds. The first-order chi connectivity index (χ1) is 9.68. The number of fused-ring (bicyclic) bond motifs is 2. The standard InChI is InChI=1S/C18H15BrO/c19-15-6-5-14-11-18(17(20)16(14)9-15)8-7-12-3-1-2-4-13(12)10-18/h1-6,9H,7-8,10-11H2. The van der Waals surface area contributed by atoms with Crippen LogP contribution in [0, 0.1) is 5.41 Å². The highest BCUT2D eigenvalue weighted by Crippen LogP contribution is 2.46. The van der Waals surface area contributed by atoms with Crippen molar-refractivity contribution in [3.63, 3.8) is 0 Å². The maximum absolute atomic E-state index is 12.9. The van der Waals surface area contributed by atoms with Crippen LogP contribution in [0.1, 0.15) is 33.5 Å². The molecule has 4 rings (SSSR count). The van der Waals surface area contributed by atoms with Crippen molar-refractivity contribution in [3.05, 3.63) is 69.2 Å². The van der Waals surface area contributed by atoms with Gasteiger partial charge in [0.25, 0.3) is 0 Å². The predicted octanol–water partition coefficient (Wildman–Crippen LogP) is 4.36. The highest BCUT2D eigenvalue weighted by atomic mass is 79.9. The Bertz CT molecular complexity index is 719. The van der Waals surface area contributed by atoms with Crippen molar-refractivity contribution >= 4 is 21.7 Å². The van der Waals surface area contributed by atoms with Crippen molar-refractivity contribution < 1.29 is 4.79 Å². The van der Waals surface area contributed by atoms with Gasteiger partial charge in [0.05, 0.1) is 0 Å². The smallest absolute Gasteiger partial charge is 0.169 e. The van der Waals surface area contributed by atoms with E-state index in [1.54, 1.807) is 0 Å². The third kappa shape index (κ3) is 1.71. The van der Waals surface area contributed by atoms with E-state index in [1.807, 2.05) is 12.1 Å². The number of carbonyl (C=O) groups excluding carboxylic acids is 1. The highest BCUT2D eigenvalue weighted by molar-refractivity contribution is 9.10. The Labute approximate surface area is 127 Å². The molecule has 2 aromatic rings. The summed E-state index contributed by atoms with van der Waals surface area (Å²) in [6.07, 6.45) is 3.81. The maximum atomic E-state index is 12.9. The molecule has 0 aromatic heterocycles. The number of hydrogen-bond acceptors (Lipinski definition) is 1. The molecule has 0 fully saturated rings. The molecule has 20 heavy (non-hydrogen) atoms. The zero-order chi connectivity index (χ0) is 13.7. The van der Waals surface area contributed by atoms with E-state index >= 15 is 0 Å². The van der Waals surface area contributed by atoms with Crippen molar-refractivity contribution in [2.75, 3.05) is 0 Å². The molecule has 0 saturated heterocycles. The summed E-state index contributed by atoms with van der Waals surface area (Å²) in [6, 6.07) is 14.7. The summed E-state index contributed by atoms with van der Waals surface area (Å²) < 4.78 is 0.998. The van der Waals surface area contributed by atoms with E-state index in [9.17, 15) is 4.79 Å². The van der Waals surface area contributed by atoms with Crippen LogP contribution < -0.4 is 0 Å². The first-order valence-electron chi connectivity index (χ1n) is 7.08. The molecule has 1 nitrogen and oxygen atoms in total.